The second-order valence-corrected chi connectivity index (χ2v) is 4.11. The molecule has 1 aromatic heterocycles. The average molecular weight is 209 g/mol. The van der Waals surface area contributed by atoms with Gasteiger partial charge in [0.2, 0.25) is 0 Å². The van der Waals surface area contributed by atoms with E-state index in [2.05, 4.69) is 5.32 Å². The molecule has 1 aromatic rings. The minimum Gasteiger partial charge on any atom is -0.467 e. The molecular weight excluding hydrogens is 190 g/mol. The summed E-state index contributed by atoms with van der Waals surface area (Å²) in [7, 11) is 2.01. The van der Waals surface area contributed by atoms with Gasteiger partial charge in [0.25, 0.3) is 0 Å². The molecule has 1 fully saturated rings. The fraction of sp³-hybridized carbons (Fsp3) is 0.667. The van der Waals surface area contributed by atoms with Gasteiger partial charge in [-0.1, -0.05) is 12.8 Å². The topological polar surface area (TPSA) is 34.4 Å². The molecule has 1 N–H and O–H groups in total. The van der Waals surface area contributed by atoms with Crippen molar-refractivity contribution in [2.75, 3.05) is 7.05 Å². The molecule has 3 nitrogen and oxygen atoms in total. The number of likely N-dealkylation sites (N-methyl/N-ethyl adjacent to an activating group) is 1. The Labute approximate surface area is 90.8 Å². The van der Waals surface area contributed by atoms with Gasteiger partial charge in [-0.3, -0.25) is 0 Å². The smallest absolute Gasteiger partial charge is 0.129 e. The Morgan fingerprint density at radius 2 is 2.33 bits per heavy atom. The third-order valence-electron chi connectivity index (χ3n) is 3.09. The maximum atomic E-state index is 5.87. The van der Waals surface area contributed by atoms with Crippen LogP contribution in [0.3, 0.4) is 0 Å². The van der Waals surface area contributed by atoms with Crippen LogP contribution in [0.5, 0.6) is 0 Å². The van der Waals surface area contributed by atoms with Gasteiger partial charge in [-0.15, -0.1) is 0 Å². The molecule has 0 amide bonds. The lowest BCUT2D eigenvalue weighted by atomic mass is 9.92. The minimum absolute atomic E-state index is 0.342. The first-order chi connectivity index (χ1) is 7.40. The quantitative estimate of drug-likeness (QED) is 0.826. The number of furan rings is 1. The van der Waals surface area contributed by atoms with Crippen LogP contribution in [0.2, 0.25) is 0 Å². The minimum atomic E-state index is 0.342. The molecule has 0 bridgehead atoms. The number of ether oxygens (including phenoxy) is 1. The largest absolute Gasteiger partial charge is 0.467 e. The lowest BCUT2D eigenvalue weighted by Gasteiger charge is -2.30. The third-order valence-corrected chi connectivity index (χ3v) is 3.09. The van der Waals surface area contributed by atoms with Crippen molar-refractivity contribution in [1.29, 1.82) is 0 Å². The van der Waals surface area contributed by atoms with Gasteiger partial charge in [-0.05, 0) is 32.0 Å². The first kappa shape index (κ1) is 10.7. The molecule has 0 spiro atoms. The molecule has 0 radical (unpaired) electrons. The molecule has 1 saturated carbocycles. The van der Waals surface area contributed by atoms with Gasteiger partial charge in [0, 0.05) is 6.04 Å². The SMILES string of the molecule is CNC1CCCCC1OCc1ccco1. The highest BCUT2D eigenvalue weighted by atomic mass is 16.5. The van der Waals surface area contributed by atoms with Crippen LogP contribution < -0.4 is 5.32 Å². The van der Waals surface area contributed by atoms with Crippen LogP contribution in [0.4, 0.5) is 0 Å². The normalized spacial score (nSPS) is 26.7. The number of rotatable bonds is 4. The first-order valence-electron chi connectivity index (χ1n) is 5.71. The first-order valence-corrected chi connectivity index (χ1v) is 5.71. The number of hydrogen-bond donors (Lipinski definition) is 1. The van der Waals surface area contributed by atoms with Crippen LogP contribution in [-0.4, -0.2) is 19.2 Å². The lowest BCUT2D eigenvalue weighted by molar-refractivity contribution is -0.0105. The van der Waals surface area contributed by atoms with Gasteiger partial charge in [0.05, 0.1) is 12.4 Å². The van der Waals surface area contributed by atoms with E-state index in [1.54, 1.807) is 6.26 Å². The molecular formula is C12H19NO2. The summed E-state index contributed by atoms with van der Waals surface area (Å²) in [6.45, 7) is 0.593. The van der Waals surface area contributed by atoms with Gasteiger partial charge < -0.3 is 14.5 Å². The van der Waals surface area contributed by atoms with E-state index in [4.69, 9.17) is 9.15 Å². The standard InChI is InChI=1S/C12H19NO2/c1-13-11-6-2-3-7-12(11)15-9-10-5-4-8-14-10/h4-5,8,11-13H,2-3,6-7,9H2,1H3. The molecule has 84 valence electrons. The fourth-order valence-corrected chi connectivity index (χ4v) is 2.21. The molecule has 1 heterocycles. The van der Waals surface area contributed by atoms with E-state index in [1.165, 1.54) is 19.3 Å². The van der Waals surface area contributed by atoms with Crippen LogP contribution >= 0.6 is 0 Å². The van der Waals surface area contributed by atoms with Gasteiger partial charge >= 0.3 is 0 Å². The third kappa shape index (κ3) is 2.83. The van der Waals surface area contributed by atoms with Gasteiger partial charge in [-0.25, -0.2) is 0 Å². The summed E-state index contributed by atoms with van der Waals surface area (Å²) in [5.74, 6) is 0.912. The molecule has 0 aliphatic heterocycles. The van der Waals surface area contributed by atoms with Crippen molar-refractivity contribution in [3.05, 3.63) is 24.2 Å². The van der Waals surface area contributed by atoms with E-state index >= 15 is 0 Å². The molecule has 2 unspecified atom stereocenters. The van der Waals surface area contributed by atoms with Crippen molar-refractivity contribution in [3.63, 3.8) is 0 Å². The molecule has 1 aliphatic carbocycles. The Balaban J connectivity index is 1.81. The lowest BCUT2D eigenvalue weighted by Crippen LogP contribution is -2.41. The van der Waals surface area contributed by atoms with Crippen LogP contribution in [0.1, 0.15) is 31.4 Å². The van der Waals surface area contributed by atoms with Crippen molar-refractivity contribution >= 4 is 0 Å². The zero-order valence-electron chi connectivity index (χ0n) is 9.24. The van der Waals surface area contributed by atoms with E-state index in [-0.39, 0.29) is 0 Å². The van der Waals surface area contributed by atoms with Crippen molar-refractivity contribution in [3.8, 4) is 0 Å². The van der Waals surface area contributed by atoms with Gasteiger partial charge in [-0.2, -0.15) is 0 Å². The second-order valence-electron chi connectivity index (χ2n) is 4.11. The van der Waals surface area contributed by atoms with Crippen LogP contribution in [-0.2, 0) is 11.3 Å². The Bertz CT molecular complexity index is 271. The second kappa shape index (κ2) is 5.33. The summed E-state index contributed by atoms with van der Waals surface area (Å²) < 4.78 is 11.1. The monoisotopic (exact) mass is 209 g/mol. The molecule has 0 saturated heterocycles. The Hall–Kier alpha value is -0.800. The number of nitrogens with one attached hydrogen (secondary N) is 1. The zero-order valence-corrected chi connectivity index (χ0v) is 9.24. The Kier molecular flexibility index (Phi) is 3.80. The number of hydrogen-bond acceptors (Lipinski definition) is 3. The molecule has 2 atom stereocenters. The predicted octanol–water partition coefficient (Wildman–Crippen LogP) is 2.33. The molecule has 2 rings (SSSR count). The average Bonchev–Trinajstić information content (AvgIpc) is 2.79. The van der Waals surface area contributed by atoms with E-state index in [0.717, 1.165) is 12.2 Å². The molecule has 0 aromatic carbocycles. The predicted molar refractivity (Wildman–Crippen MR) is 58.6 cm³/mol. The van der Waals surface area contributed by atoms with Crippen molar-refractivity contribution in [2.24, 2.45) is 0 Å². The van der Waals surface area contributed by atoms with Gasteiger partial charge in [0.1, 0.15) is 12.4 Å². The summed E-state index contributed by atoms with van der Waals surface area (Å²) in [4.78, 5) is 0. The van der Waals surface area contributed by atoms with E-state index < -0.39 is 0 Å². The molecule has 1 aliphatic rings. The zero-order chi connectivity index (χ0) is 10.5. The highest BCUT2D eigenvalue weighted by molar-refractivity contribution is 4.96. The van der Waals surface area contributed by atoms with E-state index in [0.29, 0.717) is 18.8 Å². The van der Waals surface area contributed by atoms with Crippen molar-refractivity contribution in [1.82, 2.24) is 5.32 Å². The van der Waals surface area contributed by atoms with Crippen LogP contribution in [0, 0.1) is 0 Å². The van der Waals surface area contributed by atoms with Crippen LogP contribution in [0.25, 0.3) is 0 Å². The summed E-state index contributed by atoms with van der Waals surface area (Å²) in [5, 5.41) is 3.33. The summed E-state index contributed by atoms with van der Waals surface area (Å²) in [5.41, 5.74) is 0. The maximum Gasteiger partial charge on any atom is 0.129 e. The summed E-state index contributed by atoms with van der Waals surface area (Å²) in [6.07, 6.45) is 7.00. The maximum absolute atomic E-state index is 5.87. The highest BCUT2D eigenvalue weighted by Gasteiger charge is 2.24. The molecule has 15 heavy (non-hydrogen) atoms. The Morgan fingerprint density at radius 3 is 3.07 bits per heavy atom. The highest BCUT2D eigenvalue weighted by Crippen LogP contribution is 2.22. The summed E-state index contributed by atoms with van der Waals surface area (Å²) >= 11 is 0. The van der Waals surface area contributed by atoms with Crippen molar-refractivity contribution in [2.45, 2.75) is 44.4 Å². The fourth-order valence-electron chi connectivity index (χ4n) is 2.21. The summed E-state index contributed by atoms with van der Waals surface area (Å²) in [6, 6.07) is 4.36. The molecule has 3 heteroatoms. The van der Waals surface area contributed by atoms with Gasteiger partial charge in [0.15, 0.2) is 0 Å². The van der Waals surface area contributed by atoms with Crippen LogP contribution in [0.15, 0.2) is 22.8 Å². The van der Waals surface area contributed by atoms with E-state index in [9.17, 15) is 0 Å². The van der Waals surface area contributed by atoms with Crippen molar-refractivity contribution < 1.29 is 9.15 Å². The van der Waals surface area contributed by atoms with E-state index in [1.807, 2.05) is 19.2 Å². The Morgan fingerprint density at radius 1 is 1.47 bits per heavy atom.